The van der Waals surface area contributed by atoms with Gasteiger partial charge in [0.15, 0.2) is 0 Å². The number of nitrogens with zero attached hydrogens (tertiary/aromatic N) is 5. The largest absolute Gasteiger partial charge is 0.361 e. The molecule has 2 aromatic carbocycles. The van der Waals surface area contributed by atoms with Crippen LogP contribution in [0.5, 0.6) is 0 Å². The Balaban J connectivity index is 1.40. The third kappa shape index (κ3) is 2.97. The van der Waals surface area contributed by atoms with Crippen molar-refractivity contribution in [2.24, 2.45) is 13.0 Å². The molecule has 6 heteroatoms. The first kappa shape index (κ1) is 21.2. The van der Waals surface area contributed by atoms with Gasteiger partial charge in [0.2, 0.25) is 0 Å². The molecule has 0 fully saturated rings. The summed E-state index contributed by atoms with van der Waals surface area (Å²) in [6.07, 6.45) is 10.1. The Kier molecular flexibility index (Phi) is 4.71. The van der Waals surface area contributed by atoms with Crippen molar-refractivity contribution in [3.63, 3.8) is 0 Å². The van der Waals surface area contributed by atoms with Gasteiger partial charge >= 0.3 is 0 Å². The van der Waals surface area contributed by atoms with Crippen LogP contribution in [0.4, 0.5) is 0 Å². The Bertz CT molecular complexity index is 1540. The van der Waals surface area contributed by atoms with E-state index in [0.29, 0.717) is 5.92 Å². The number of hydrogen-bond acceptors (Lipinski definition) is 5. The second-order valence-electron chi connectivity index (χ2n) is 10.2. The Morgan fingerprint density at radius 3 is 2.44 bits per heavy atom. The highest BCUT2D eigenvalue weighted by molar-refractivity contribution is 5.71. The summed E-state index contributed by atoms with van der Waals surface area (Å²) in [7, 11) is 2.08. The molecule has 3 heterocycles. The lowest BCUT2D eigenvalue weighted by Crippen LogP contribution is -2.47. The molecule has 178 valence electrons. The zero-order chi connectivity index (χ0) is 24.3. The summed E-state index contributed by atoms with van der Waals surface area (Å²) in [4.78, 5) is 8.32. The van der Waals surface area contributed by atoms with Crippen LogP contribution in [0.1, 0.15) is 47.4 Å². The highest BCUT2D eigenvalue weighted by Crippen LogP contribution is 2.57. The summed E-state index contributed by atoms with van der Waals surface area (Å²) in [6, 6.07) is 19.6. The number of aromatic nitrogens is 5. The number of benzene rings is 2. The van der Waals surface area contributed by atoms with Crippen molar-refractivity contribution < 1.29 is 4.52 Å². The molecule has 3 aromatic heterocycles. The zero-order valence-electron chi connectivity index (χ0n) is 20.4. The van der Waals surface area contributed by atoms with Crippen molar-refractivity contribution in [3.05, 3.63) is 108 Å². The van der Waals surface area contributed by atoms with Crippen LogP contribution in [-0.2, 0) is 25.3 Å². The average molecular weight is 474 g/mol. The average Bonchev–Trinajstić information content (AvgIpc) is 3.54. The molecular weight excluding hydrogens is 446 g/mol. The second kappa shape index (κ2) is 7.98. The van der Waals surface area contributed by atoms with Crippen molar-refractivity contribution in [2.45, 2.75) is 37.5 Å². The Morgan fingerprint density at radius 2 is 1.67 bits per heavy atom. The van der Waals surface area contributed by atoms with E-state index in [2.05, 4.69) is 88.4 Å². The monoisotopic (exact) mass is 473 g/mol. The van der Waals surface area contributed by atoms with E-state index in [0.717, 1.165) is 36.1 Å². The quantitative estimate of drug-likeness (QED) is 0.334. The van der Waals surface area contributed by atoms with Gasteiger partial charge in [0.1, 0.15) is 12.1 Å². The lowest BCUT2D eigenvalue weighted by molar-refractivity contribution is 0.189. The molecule has 7 rings (SSSR count). The van der Waals surface area contributed by atoms with Gasteiger partial charge in [0.25, 0.3) is 0 Å². The minimum atomic E-state index is -0.204. The van der Waals surface area contributed by atoms with E-state index < -0.39 is 0 Å². The fourth-order valence-electron chi connectivity index (χ4n) is 6.86. The number of hydrogen-bond donors (Lipinski definition) is 0. The molecule has 0 saturated carbocycles. The normalized spacial score (nSPS) is 22.5. The van der Waals surface area contributed by atoms with Gasteiger partial charge in [-0.3, -0.25) is 4.68 Å². The van der Waals surface area contributed by atoms with Crippen LogP contribution in [-0.4, -0.2) is 24.9 Å². The molecule has 0 N–H and O–H groups in total. The van der Waals surface area contributed by atoms with Crippen LogP contribution < -0.4 is 0 Å². The molecule has 0 spiro atoms. The summed E-state index contributed by atoms with van der Waals surface area (Å²) >= 11 is 0. The standard InChI is InChI=1S/C30H27N5O/c1-19-26-13-12-25-27(21-10-8-20(9-11-21)23-15-31-18-32-16-23)35(2)34-29(25)30(26,24-6-4-3-5-7-24)14-22-17-33-36-28(19)22/h3-11,15-19,26H,12-14H2,1-2H3/t19-,26-,30+/m0/s1. The molecule has 2 aliphatic carbocycles. The Morgan fingerprint density at radius 1 is 0.917 bits per heavy atom. The van der Waals surface area contributed by atoms with E-state index in [9.17, 15) is 0 Å². The second-order valence-corrected chi connectivity index (χ2v) is 10.2. The summed E-state index contributed by atoms with van der Waals surface area (Å²) in [5.41, 5.74) is 9.42. The van der Waals surface area contributed by atoms with Crippen molar-refractivity contribution in [1.29, 1.82) is 0 Å². The van der Waals surface area contributed by atoms with Crippen molar-refractivity contribution >= 4 is 0 Å². The van der Waals surface area contributed by atoms with Gasteiger partial charge in [-0.05, 0) is 36.3 Å². The minimum absolute atomic E-state index is 0.204. The molecule has 6 nitrogen and oxygen atoms in total. The van der Waals surface area contributed by atoms with E-state index in [1.165, 1.54) is 33.6 Å². The van der Waals surface area contributed by atoms with Crippen LogP contribution in [0.25, 0.3) is 22.4 Å². The van der Waals surface area contributed by atoms with Crippen molar-refractivity contribution in [2.75, 3.05) is 0 Å². The summed E-state index contributed by atoms with van der Waals surface area (Å²) in [6.45, 7) is 2.30. The van der Waals surface area contributed by atoms with E-state index in [-0.39, 0.29) is 11.3 Å². The number of aryl methyl sites for hydroxylation is 1. The molecule has 3 atom stereocenters. The van der Waals surface area contributed by atoms with Gasteiger partial charge in [-0.15, -0.1) is 0 Å². The van der Waals surface area contributed by atoms with Gasteiger partial charge in [-0.25, -0.2) is 9.97 Å². The van der Waals surface area contributed by atoms with E-state index in [1.54, 1.807) is 6.33 Å². The smallest absolute Gasteiger partial charge is 0.143 e. The zero-order valence-corrected chi connectivity index (χ0v) is 20.4. The molecular formula is C30H27N5O. The first-order chi connectivity index (χ1) is 17.7. The van der Waals surface area contributed by atoms with Crippen LogP contribution in [0.15, 0.2) is 84.0 Å². The SMILES string of the molecule is C[C@@H]1c2oncc2C[C@]2(c3ccccc3)c3nn(C)c(-c4ccc(-c5cncnc5)cc4)c3CC[C@@H]12. The van der Waals surface area contributed by atoms with E-state index >= 15 is 0 Å². The van der Waals surface area contributed by atoms with Crippen LogP contribution in [0.2, 0.25) is 0 Å². The lowest BCUT2D eigenvalue weighted by atomic mass is 9.53. The summed E-state index contributed by atoms with van der Waals surface area (Å²) in [5.74, 6) is 1.73. The Hall–Kier alpha value is -4.06. The van der Waals surface area contributed by atoms with Gasteiger partial charge in [-0.1, -0.05) is 66.7 Å². The minimum Gasteiger partial charge on any atom is -0.361 e. The highest BCUT2D eigenvalue weighted by atomic mass is 16.5. The molecule has 36 heavy (non-hydrogen) atoms. The molecule has 0 radical (unpaired) electrons. The number of fused-ring (bicyclic) bond motifs is 4. The third-order valence-corrected chi connectivity index (χ3v) is 8.41. The van der Waals surface area contributed by atoms with Crippen molar-refractivity contribution in [1.82, 2.24) is 24.9 Å². The first-order valence-electron chi connectivity index (χ1n) is 12.6. The predicted molar refractivity (Wildman–Crippen MR) is 137 cm³/mol. The highest BCUT2D eigenvalue weighted by Gasteiger charge is 2.54. The summed E-state index contributed by atoms with van der Waals surface area (Å²) in [5, 5.41) is 9.47. The van der Waals surface area contributed by atoms with E-state index in [4.69, 9.17) is 9.62 Å². The first-order valence-corrected chi connectivity index (χ1v) is 12.6. The number of rotatable bonds is 3. The maximum Gasteiger partial charge on any atom is 0.143 e. The van der Waals surface area contributed by atoms with Gasteiger partial charge < -0.3 is 4.52 Å². The molecule has 0 saturated heterocycles. The molecule has 2 aliphatic rings. The lowest BCUT2D eigenvalue weighted by Gasteiger charge is -2.48. The van der Waals surface area contributed by atoms with Gasteiger partial charge in [0.05, 0.1) is 17.6 Å². The van der Waals surface area contributed by atoms with Gasteiger partial charge in [0, 0.05) is 53.0 Å². The fourth-order valence-corrected chi connectivity index (χ4v) is 6.86. The Labute approximate surface area is 210 Å². The van der Waals surface area contributed by atoms with Crippen molar-refractivity contribution in [3.8, 4) is 22.4 Å². The maximum atomic E-state index is 5.75. The maximum absolute atomic E-state index is 5.75. The molecule has 0 bridgehead atoms. The van der Waals surface area contributed by atoms with Crippen LogP contribution >= 0.6 is 0 Å². The molecule has 5 aromatic rings. The predicted octanol–water partition coefficient (Wildman–Crippen LogP) is 5.74. The van der Waals surface area contributed by atoms with Crippen LogP contribution in [0.3, 0.4) is 0 Å². The molecule has 0 amide bonds. The fraction of sp³-hybridized carbons (Fsp3) is 0.267. The molecule has 0 aliphatic heterocycles. The third-order valence-electron chi connectivity index (χ3n) is 8.41. The van der Waals surface area contributed by atoms with Gasteiger partial charge in [-0.2, -0.15) is 5.10 Å². The van der Waals surface area contributed by atoms with Crippen LogP contribution in [0, 0.1) is 5.92 Å². The topological polar surface area (TPSA) is 69.6 Å². The molecule has 0 unspecified atom stereocenters. The summed E-state index contributed by atoms with van der Waals surface area (Å²) < 4.78 is 7.84. The van der Waals surface area contributed by atoms with E-state index in [1.807, 2.05) is 18.6 Å².